The Labute approximate surface area is 67.6 Å². The molecule has 0 spiro atoms. The zero-order chi connectivity index (χ0) is 8.27. The topological polar surface area (TPSA) is 26.0 Å². The Kier molecular flexibility index (Phi) is 2.69. The third-order valence-electron chi connectivity index (χ3n) is 2.05. The number of aryl methyl sites for hydroxylation is 1. The van der Waals surface area contributed by atoms with E-state index in [0.29, 0.717) is 5.92 Å². The van der Waals surface area contributed by atoms with Crippen LogP contribution in [0.2, 0.25) is 0 Å². The van der Waals surface area contributed by atoms with Crippen molar-refractivity contribution < 1.29 is 4.52 Å². The van der Waals surface area contributed by atoms with E-state index in [4.69, 9.17) is 4.52 Å². The van der Waals surface area contributed by atoms with Gasteiger partial charge < -0.3 is 4.52 Å². The van der Waals surface area contributed by atoms with Crippen molar-refractivity contribution in [2.75, 3.05) is 0 Å². The van der Waals surface area contributed by atoms with Gasteiger partial charge in [0.25, 0.3) is 0 Å². The van der Waals surface area contributed by atoms with Crippen molar-refractivity contribution in [1.29, 1.82) is 0 Å². The normalized spacial score (nSPS) is 10.9. The maximum absolute atomic E-state index is 5.00. The fourth-order valence-corrected chi connectivity index (χ4v) is 1.28. The summed E-state index contributed by atoms with van der Waals surface area (Å²) in [7, 11) is 0. The molecule has 0 unspecified atom stereocenters. The zero-order valence-corrected chi connectivity index (χ0v) is 7.42. The Balaban J connectivity index is 2.73. The summed E-state index contributed by atoms with van der Waals surface area (Å²) in [6, 6.07) is 2.03. The van der Waals surface area contributed by atoms with Crippen LogP contribution in [0, 0.1) is 6.92 Å². The van der Waals surface area contributed by atoms with Crippen LogP contribution in [0.4, 0.5) is 0 Å². The van der Waals surface area contributed by atoms with Gasteiger partial charge in [0.2, 0.25) is 0 Å². The summed E-state index contributed by atoms with van der Waals surface area (Å²) in [5.41, 5.74) is 1.10. The highest BCUT2D eigenvalue weighted by Gasteiger charge is 2.10. The Morgan fingerprint density at radius 3 is 2.45 bits per heavy atom. The van der Waals surface area contributed by atoms with E-state index in [9.17, 15) is 0 Å². The summed E-state index contributed by atoms with van der Waals surface area (Å²) >= 11 is 0. The van der Waals surface area contributed by atoms with Gasteiger partial charge in [-0.1, -0.05) is 19.0 Å². The molecule has 1 heterocycles. The van der Waals surface area contributed by atoms with Gasteiger partial charge in [-0.25, -0.2) is 0 Å². The molecule has 0 amide bonds. The molecule has 62 valence electrons. The second kappa shape index (κ2) is 3.56. The molecule has 0 radical (unpaired) electrons. The van der Waals surface area contributed by atoms with Gasteiger partial charge in [-0.3, -0.25) is 0 Å². The van der Waals surface area contributed by atoms with Gasteiger partial charge in [0.05, 0.1) is 5.69 Å². The van der Waals surface area contributed by atoms with Crippen molar-refractivity contribution in [2.45, 2.75) is 39.5 Å². The van der Waals surface area contributed by atoms with Crippen LogP contribution in [-0.4, -0.2) is 5.16 Å². The second-order valence-electron chi connectivity index (χ2n) is 2.88. The summed E-state index contributed by atoms with van der Waals surface area (Å²) < 4.78 is 5.00. The van der Waals surface area contributed by atoms with E-state index in [0.717, 1.165) is 24.3 Å². The smallest absolute Gasteiger partial charge is 0.133 e. The minimum absolute atomic E-state index is 0.576. The monoisotopic (exact) mass is 153 g/mol. The lowest BCUT2D eigenvalue weighted by molar-refractivity contribution is 0.383. The summed E-state index contributed by atoms with van der Waals surface area (Å²) in [5.74, 6) is 1.49. The second-order valence-corrected chi connectivity index (χ2v) is 2.88. The molecule has 0 aliphatic heterocycles. The van der Waals surface area contributed by atoms with E-state index >= 15 is 0 Å². The Bertz CT molecular complexity index is 213. The first-order valence-corrected chi connectivity index (χ1v) is 4.21. The highest BCUT2D eigenvalue weighted by molar-refractivity contribution is 5.08. The fourth-order valence-electron chi connectivity index (χ4n) is 1.28. The minimum Gasteiger partial charge on any atom is -0.361 e. The van der Waals surface area contributed by atoms with E-state index in [2.05, 4.69) is 19.0 Å². The van der Waals surface area contributed by atoms with Crippen LogP contribution < -0.4 is 0 Å². The lowest BCUT2D eigenvalue weighted by Crippen LogP contribution is -1.94. The van der Waals surface area contributed by atoms with Gasteiger partial charge in [0.1, 0.15) is 5.76 Å². The predicted octanol–water partition coefficient (Wildman–Crippen LogP) is 2.89. The molecule has 2 heteroatoms. The predicted molar refractivity (Wildman–Crippen MR) is 44.6 cm³/mol. The fraction of sp³-hybridized carbons (Fsp3) is 0.667. The molecule has 11 heavy (non-hydrogen) atoms. The van der Waals surface area contributed by atoms with Crippen LogP contribution in [0.15, 0.2) is 10.6 Å². The molecule has 0 aliphatic rings. The number of nitrogens with zero attached hydrogens (tertiary/aromatic N) is 1. The van der Waals surface area contributed by atoms with E-state index in [1.807, 2.05) is 13.0 Å². The highest BCUT2D eigenvalue weighted by Crippen LogP contribution is 2.21. The Morgan fingerprint density at radius 1 is 1.45 bits per heavy atom. The van der Waals surface area contributed by atoms with Crippen molar-refractivity contribution in [1.82, 2.24) is 5.16 Å². The van der Waals surface area contributed by atoms with Gasteiger partial charge in [0.15, 0.2) is 0 Å². The van der Waals surface area contributed by atoms with Crippen molar-refractivity contribution in [3.05, 3.63) is 17.5 Å². The third-order valence-corrected chi connectivity index (χ3v) is 2.05. The van der Waals surface area contributed by atoms with Crippen molar-refractivity contribution >= 4 is 0 Å². The van der Waals surface area contributed by atoms with E-state index in [1.54, 1.807) is 0 Å². The molecule has 1 rings (SSSR count). The first kappa shape index (κ1) is 8.31. The Hall–Kier alpha value is -0.790. The molecule has 1 aromatic rings. The molecular formula is C9H15NO. The van der Waals surface area contributed by atoms with Crippen LogP contribution in [0.25, 0.3) is 0 Å². The molecule has 0 fully saturated rings. The molecular weight excluding hydrogens is 138 g/mol. The number of rotatable bonds is 3. The molecule has 0 bridgehead atoms. The highest BCUT2D eigenvalue weighted by atomic mass is 16.5. The SMILES string of the molecule is CCC(CC)c1cc(C)on1. The van der Waals surface area contributed by atoms with Crippen LogP contribution >= 0.6 is 0 Å². The van der Waals surface area contributed by atoms with E-state index in [-0.39, 0.29) is 0 Å². The van der Waals surface area contributed by atoms with Crippen LogP contribution in [0.5, 0.6) is 0 Å². The lowest BCUT2D eigenvalue weighted by atomic mass is 10.00. The molecule has 0 saturated heterocycles. The van der Waals surface area contributed by atoms with E-state index < -0.39 is 0 Å². The first-order chi connectivity index (χ1) is 5.27. The van der Waals surface area contributed by atoms with Crippen LogP contribution in [0.1, 0.15) is 44.1 Å². The molecule has 0 aromatic carbocycles. The standard InChI is InChI=1S/C9H15NO/c1-4-8(5-2)9-6-7(3)11-10-9/h6,8H,4-5H2,1-3H3. The maximum atomic E-state index is 5.00. The molecule has 0 atom stereocenters. The summed E-state index contributed by atoms with van der Waals surface area (Å²) in [6.45, 7) is 6.29. The minimum atomic E-state index is 0.576. The van der Waals surface area contributed by atoms with Gasteiger partial charge in [-0.15, -0.1) is 0 Å². The van der Waals surface area contributed by atoms with Gasteiger partial charge in [-0.05, 0) is 19.8 Å². The maximum Gasteiger partial charge on any atom is 0.133 e. The lowest BCUT2D eigenvalue weighted by Gasteiger charge is -2.05. The summed E-state index contributed by atoms with van der Waals surface area (Å²) in [6.07, 6.45) is 2.28. The summed E-state index contributed by atoms with van der Waals surface area (Å²) in [5, 5.41) is 3.98. The Morgan fingerprint density at radius 2 is 2.09 bits per heavy atom. The molecule has 0 N–H and O–H groups in total. The number of hydrogen-bond donors (Lipinski definition) is 0. The van der Waals surface area contributed by atoms with Crippen LogP contribution in [-0.2, 0) is 0 Å². The number of hydrogen-bond acceptors (Lipinski definition) is 2. The molecule has 1 aromatic heterocycles. The largest absolute Gasteiger partial charge is 0.361 e. The van der Waals surface area contributed by atoms with Gasteiger partial charge in [-0.2, -0.15) is 0 Å². The zero-order valence-electron chi connectivity index (χ0n) is 7.42. The van der Waals surface area contributed by atoms with Crippen LogP contribution in [0.3, 0.4) is 0 Å². The van der Waals surface area contributed by atoms with Crippen molar-refractivity contribution in [2.24, 2.45) is 0 Å². The average Bonchev–Trinajstić information content (AvgIpc) is 2.39. The molecule has 0 aliphatic carbocycles. The summed E-state index contributed by atoms with van der Waals surface area (Å²) in [4.78, 5) is 0. The van der Waals surface area contributed by atoms with Gasteiger partial charge in [0, 0.05) is 12.0 Å². The van der Waals surface area contributed by atoms with E-state index in [1.165, 1.54) is 0 Å². The molecule has 2 nitrogen and oxygen atoms in total. The average molecular weight is 153 g/mol. The van der Waals surface area contributed by atoms with Crippen molar-refractivity contribution in [3.63, 3.8) is 0 Å². The quantitative estimate of drug-likeness (QED) is 0.667. The number of aromatic nitrogens is 1. The first-order valence-electron chi connectivity index (χ1n) is 4.21. The van der Waals surface area contributed by atoms with Gasteiger partial charge >= 0.3 is 0 Å². The molecule has 0 saturated carbocycles. The third kappa shape index (κ3) is 1.82. The van der Waals surface area contributed by atoms with Crippen molar-refractivity contribution in [3.8, 4) is 0 Å².